The summed E-state index contributed by atoms with van der Waals surface area (Å²) in [6, 6.07) is 3.97. The Bertz CT molecular complexity index is 629. The highest BCUT2D eigenvalue weighted by atomic mass is 35.5. The lowest BCUT2D eigenvalue weighted by Gasteiger charge is -2.29. The number of benzene rings is 1. The van der Waals surface area contributed by atoms with Gasteiger partial charge in [-0.2, -0.15) is 0 Å². The van der Waals surface area contributed by atoms with E-state index in [2.05, 4.69) is 14.9 Å². The molecule has 2 aromatic rings. The second kappa shape index (κ2) is 6.53. The van der Waals surface area contributed by atoms with Crippen LogP contribution < -0.4 is 5.32 Å². The fourth-order valence-corrected chi connectivity index (χ4v) is 3.33. The molecule has 3 rings (SSSR count). The van der Waals surface area contributed by atoms with Gasteiger partial charge in [-0.25, -0.2) is 4.98 Å². The van der Waals surface area contributed by atoms with Crippen LogP contribution in [0.1, 0.15) is 25.7 Å². The standard InChI is InChI=1S/C15H19Cl2N3O/c16-10-5-6-12-15(14(10)17)19-9-20(12)8-2-3-11-13(21)4-1-7-18-11/h5-6,9,11,13,18,21H,1-4,7-8H2/t11-,13+/m0/s1. The molecular weight excluding hydrogens is 309 g/mol. The maximum Gasteiger partial charge on any atom is 0.109 e. The summed E-state index contributed by atoms with van der Waals surface area (Å²) in [4.78, 5) is 4.34. The van der Waals surface area contributed by atoms with Crippen LogP contribution in [0.3, 0.4) is 0 Å². The number of nitrogens with one attached hydrogen (secondary N) is 1. The molecule has 1 aromatic heterocycles. The summed E-state index contributed by atoms with van der Waals surface area (Å²) >= 11 is 12.2. The van der Waals surface area contributed by atoms with Crippen LogP contribution in [-0.2, 0) is 6.54 Å². The van der Waals surface area contributed by atoms with Gasteiger partial charge in [0.1, 0.15) is 5.52 Å². The molecule has 2 N–H and O–H groups in total. The molecule has 1 aliphatic heterocycles. The SMILES string of the molecule is O[C@@H]1CCCN[C@H]1CCCn1cnc2c(Cl)c(Cl)ccc21. The first kappa shape index (κ1) is 15.1. The van der Waals surface area contributed by atoms with Crippen molar-refractivity contribution in [3.05, 3.63) is 28.5 Å². The fourth-order valence-electron chi connectivity index (χ4n) is 2.96. The summed E-state index contributed by atoms with van der Waals surface area (Å²) in [5, 5.41) is 14.4. The number of aliphatic hydroxyl groups excluding tert-OH is 1. The first-order chi connectivity index (χ1) is 10.2. The van der Waals surface area contributed by atoms with Crippen molar-refractivity contribution >= 4 is 34.2 Å². The van der Waals surface area contributed by atoms with E-state index in [0.717, 1.165) is 49.8 Å². The Hall–Kier alpha value is -0.810. The monoisotopic (exact) mass is 327 g/mol. The van der Waals surface area contributed by atoms with Gasteiger partial charge in [-0.1, -0.05) is 23.2 Å². The Morgan fingerprint density at radius 1 is 1.38 bits per heavy atom. The second-order valence-electron chi connectivity index (χ2n) is 5.58. The van der Waals surface area contributed by atoms with E-state index in [1.807, 2.05) is 6.07 Å². The topological polar surface area (TPSA) is 50.1 Å². The zero-order valence-electron chi connectivity index (χ0n) is 11.7. The zero-order chi connectivity index (χ0) is 14.8. The maximum absolute atomic E-state index is 9.95. The van der Waals surface area contributed by atoms with Crippen molar-refractivity contribution in [2.24, 2.45) is 0 Å². The Labute approximate surface area is 134 Å². The molecule has 0 amide bonds. The summed E-state index contributed by atoms with van der Waals surface area (Å²) in [5.41, 5.74) is 1.75. The largest absolute Gasteiger partial charge is 0.392 e. The molecule has 6 heteroatoms. The van der Waals surface area contributed by atoms with E-state index < -0.39 is 0 Å². The van der Waals surface area contributed by atoms with Gasteiger partial charge in [-0.15, -0.1) is 0 Å². The van der Waals surface area contributed by atoms with Gasteiger partial charge in [0, 0.05) is 12.6 Å². The predicted molar refractivity (Wildman–Crippen MR) is 86.0 cm³/mol. The van der Waals surface area contributed by atoms with E-state index in [1.165, 1.54) is 0 Å². The number of rotatable bonds is 4. The molecule has 1 aliphatic rings. The molecule has 1 saturated heterocycles. The normalized spacial score (nSPS) is 22.8. The van der Waals surface area contributed by atoms with Crippen molar-refractivity contribution in [3.63, 3.8) is 0 Å². The van der Waals surface area contributed by atoms with Crippen molar-refractivity contribution in [3.8, 4) is 0 Å². The lowest BCUT2D eigenvalue weighted by molar-refractivity contribution is 0.0909. The third-order valence-corrected chi connectivity index (χ3v) is 4.94. The summed E-state index contributed by atoms with van der Waals surface area (Å²) in [6.45, 7) is 1.86. The highest BCUT2D eigenvalue weighted by molar-refractivity contribution is 6.44. The minimum Gasteiger partial charge on any atom is -0.392 e. The first-order valence-corrected chi connectivity index (χ1v) is 8.12. The van der Waals surface area contributed by atoms with Gasteiger partial charge >= 0.3 is 0 Å². The van der Waals surface area contributed by atoms with Crippen LogP contribution in [0.5, 0.6) is 0 Å². The van der Waals surface area contributed by atoms with Crippen molar-refractivity contribution < 1.29 is 5.11 Å². The van der Waals surface area contributed by atoms with Gasteiger partial charge < -0.3 is 15.0 Å². The molecule has 0 radical (unpaired) electrons. The average Bonchev–Trinajstić information content (AvgIpc) is 2.89. The Kier molecular flexibility index (Phi) is 4.69. The molecule has 0 saturated carbocycles. The number of aliphatic hydroxyl groups is 1. The number of aryl methyl sites for hydroxylation is 1. The van der Waals surface area contributed by atoms with Crippen LogP contribution in [0, 0.1) is 0 Å². The van der Waals surface area contributed by atoms with Crippen molar-refractivity contribution in [1.82, 2.24) is 14.9 Å². The van der Waals surface area contributed by atoms with E-state index >= 15 is 0 Å². The third kappa shape index (κ3) is 3.19. The van der Waals surface area contributed by atoms with Crippen LogP contribution in [0.2, 0.25) is 10.0 Å². The van der Waals surface area contributed by atoms with Crippen LogP contribution in [0.4, 0.5) is 0 Å². The molecular formula is C15H19Cl2N3O. The summed E-state index contributed by atoms with van der Waals surface area (Å²) in [7, 11) is 0. The highest BCUT2D eigenvalue weighted by Crippen LogP contribution is 2.29. The van der Waals surface area contributed by atoms with E-state index in [1.54, 1.807) is 12.4 Å². The first-order valence-electron chi connectivity index (χ1n) is 7.37. The molecule has 2 atom stereocenters. The molecule has 114 valence electrons. The number of aromatic nitrogens is 2. The third-order valence-electron chi connectivity index (χ3n) is 4.15. The van der Waals surface area contributed by atoms with Crippen molar-refractivity contribution in [2.45, 2.75) is 44.4 Å². The Morgan fingerprint density at radius 3 is 3.05 bits per heavy atom. The number of hydrogen-bond acceptors (Lipinski definition) is 3. The van der Waals surface area contributed by atoms with Crippen LogP contribution in [-0.4, -0.2) is 33.3 Å². The lowest BCUT2D eigenvalue weighted by Crippen LogP contribution is -2.44. The molecule has 21 heavy (non-hydrogen) atoms. The minimum atomic E-state index is -0.216. The number of hydrogen-bond donors (Lipinski definition) is 2. The van der Waals surface area contributed by atoms with Crippen molar-refractivity contribution in [1.29, 1.82) is 0 Å². The summed E-state index contributed by atoms with van der Waals surface area (Å²) in [6.07, 6.45) is 5.50. The van der Waals surface area contributed by atoms with Crippen LogP contribution in [0.25, 0.3) is 11.0 Å². The van der Waals surface area contributed by atoms with Gasteiger partial charge in [0.05, 0.1) is 28.0 Å². The molecule has 4 nitrogen and oxygen atoms in total. The molecule has 1 aromatic carbocycles. The van der Waals surface area contributed by atoms with E-state index in [9.17, 15) is 5.11 Å². The van der Waals surface area contributed by atoms with Crippen LogP contribution >= 0.6 is 23.2 Å². The van der Waals surface area contributed by atoms with Gasteiger partial charge in [-0.05, 0) is 44.4 Å². The zero-order valence-corrected chi connectivity index (χ0v) is 13.2. The summed E-state index contributed by atoms with van der Waals surface area (Å²) < 4.78 is 2.09. The van der Waals surface area contributed by atoms with E-state index in [-0.39, 0.29) is 12.1 Å². The number of imidazole rings is 1. The molecule has 0 spiro atoms. The van der Waals surface area contributed by atoms with Crippen molar-refractivity contribution in [2.75, 3.05) is 6.54 Å². The second-order valence-corrected chi connectivity index (χ2v) is 6.36. The Balaban J connectivity index is 1.64. The fraction of sp³-hybridized carbons (Fsp3) is 0.533. The predicted octanol–water partition coefficient (Wildman–Crippen LogP) is 3.24. The average molecular weight is 328 g/mol. The molecule has 0 bridgehead atoms. The smallest absolute Gasteiger partial charge is 0.109 e. The summed E-state index contributed by atoms with van der Waals surface area (Å²) in [5.74, 6) is 0. The lowest BCUT2D eigenvalue weighted by atomic mass is 9.97. The minimum absolute atomic E-state index is 0.214. The maximum atomic E-state index is 9.95. The quantitative estimate of drug-likeness (QED) is 0.906. The van der Waals surface area contributed by atoms with Gasteiger partial charge in [-0.3, -0.25) is 0 Å². The molecule has 1 fully saturated rings. The molecule has 0 unspecified atom stereocenters. The highest BCUT2D eigenvalue weighted by Gasteiger charge is 2.21. The molecule has 0 aliphatic carbocycles. The van der Waals surface area contributed by atoms with E-state index in [4.69, 9.17) is 23.2 Å². The molecule has 2 heterocycles. The number of nitrogens with zero attached hydrogens (tertiary/aromatic N) is 2. The number of piperidine rings is 1. The number of halogens is 2. The van der Waals surface area contributed by atoms with Gasteiger partial charge in [0.15, 0.2) is 0 Å². The van der Waals surface area contributed by atoms with E-state index in [0.29, 0.717) is 10.0 Å². The van der Waals surface area contributed by atoms with Gasteiger partial charge in [0.2, 0.25) is 0 Å². The van der Waals surface area contributed by atoms with Gasteiger partial charge in [0.25, 0.3) is 0 Å². The van der Waals surface area contributed by atoms with Crippen LogP contribution in [0.15, 0.2) is 18.5 Å². The Morgan fingerprint density at radius 2 is 2.24 bits per heavy atom. The number of fused-ring (bicyclic) bond motifs is 1.